The summed E-state index contributed by atoms with van der Waals surface area (Å²) in [5.41, 5.74) is 1.17. The maximum absolute atomic E-state index is 11.3. The molecule has 110 valence electrons. The molecule has 1 aromatic rings. The molecule has 0 aliphatic carbocycles. The first-order valence-corrected chi connectivity index (χ1v) is 6.75. The van der Waals surface area contributed by atoms with Gasteiger partial charge in [0.15, 0.2) is 0 Å². The molecule has 0 saturated carbocycles. The summed E-state index contributed by atoms with van der Waals surface area (Å²) in [6, 6.07) is 4.90. The summed E-state index contributed by atoms with van der Waals surface area (Å²) < 4.78 is 5.65. The number of nitro benzene ring substituents is 1. The molecule has 0 unspecified atom stereocenters. The van der Waals surface area contributed by atoms with E-state index < -0.39 is 11.0 Å². The Morgan fingerprint density at radius 2 is 2.00 bits per heavy atom. The lowest BCUT2D eigenvalue weighted by Gasteiger charge is -2.36. The average molecular weight is 280 g/mol. The van der Waals surface area contributed by atoms with E-state index in [0.717, 1.165) is 0 Å². The number of nitro groups is 1. The molecule has 1 aromatic carbocycles. The van der Waals surface area contributed by atoms with Crippen molar-refractivity contribution in [1.29, 1.82) is 0 Å². The van der Waals surface area contributed by atoms with Crippen molar-refractivity contribution in [2.45, 2.75) is 39.1 Å². The van der Waals surface area contributed by atoms with Crippen LogP contribution in [-0.4, -0.2) is 35.3 Å². The Labute approximate surface area is 118 Å². The number of ether oxygens (including phenoxy) is 1. The van der Waals surface area contributed by atoms with Crippen LogP contribution >= 0.6 is 0 Å². The summed E-state index contributed by atoms with van der Waals surface area (Å²) in [4.78, 5) is 12.8. The van der Waals surface area contributed by atoms with Crippen LogP contribution in [0.15, 0.2) is 18.2 Å². The quantitative estimate of drug-likeness (QED) is 0.679. The van der Waals surface area contributed by atoms with Gasteiger partial charge in [-0.25, -0.2) is 0 Å². The molecule has 1 N–H and O–H groups in total. The van der Waals surface area contributed by atoms with Crippen molar-refractivity contribution in [3.8, 4) is 0 Å². The van der Waals surface area contributed by atoms with Crippen LogP contribution in [0, 0.1) is 10.1 Å². The minimum absolute atomic E-state index is 0.0321. The molecule has 6 nitrogen and oxygen atoms in total. The highest BCUT2D eigenvalue weighted by molar-refractivity contribution is 5.65. The highest BCUT2D eigenvalue weighted by atomic mass is 16.6. The van der Waals surface area contributed by atoms with Crippen molar-refractivity contribution in [1.82, 2.24) is 0 Å². The lowest BCUT2D eigenvalue weighted by atomic mass is 10.1. The van der Waals surface area contributed by atoms with Gasteiger partial charge in [-0.3, -0.25) is 10.1 Å². The van der Waals surface area contributed by atoms with Crippen molar-refractivity contribution >= 4 is 11.4 Å². The topological polar surface area (TPSA) is 75.8 Å². The zero-order chi connectivity index (χ0) is 14.9. The second-order valence-electron chi connectivity index (χ2n) is 5.34. The molecule has 1 heterocycles. The Bertz CT molecular complexity index is 494. The fourth-order valence-electron chi connectivity index (χ4n) is 2.59. The number of hydrogen-bond acceptors (Lipinski definition) is 5. The minimum atomic E-state index is -0.717. The van der Waals surface area contributed by atoms with Gasteiger partial charge in [0.25, 0.3) is 5.69 Å². The number of rotatable bonds is 3. The number of benzene rings is 1. The summed E-state index contributed by atoms with van der Waals surface area (Å²) in [5.74, 6) is 0. The molecule has 1 aliphatic heterocycles. The fourth-order valence-corrected chi connectivity index (χ4v) is 2.59. The summed E-state index contributed by atoms with van der Waals surface area (Å²) >= 11 is 0. The highest BCUT2D eigenvalue weighted by Gasteiger charge is 2.27. The molecular formula is C14H20N2O4. The van der Waals surface area contributed by atoms with Gasteiger partial charge in [-0.2, -0.15) is 0 Å². The molecule has 0 spiro atoms. The fraction of sp³-hybridized carbons (Fsp3) is 0.571. The third-order valence-electron chi connectivity index (χ3n) is 3.44. The van der Waals surface area contributed by atoms with E-state index in [1.165, 1.54) is 6.07 Å². The monoisotopic (exact) mass is 280 g/mol. The molecule has 6 heteroatoms. The third-order valence-corrected chi connectivity index (χ3v) is 3.44. The Morgan fingerprint density at radius 3 is 2.50 bits per heavy atom. The van der Waals surface area contributed by atoms with E-state index in [1.54, 1.807) is 19.1 Å². The van der Waals surface area contributed by atoms with E-state index in [0.29, 0.717) is 24.3 Å². The van der Waals surface area contributed by atoms with Gasteiger partial charge in [-0.1, -0.05) is 6.07 Å². The Morgan fingerprint density at radius 1 is 1.40 bits per heavy atom. The highest BCUT2D eigenvalue weighted by Crippen LogP contribution is 2.32. The van der Waals surface area contributed by atoms with Crippen molar-refractivity contribution in [2.24, 2.45) is 0 Å². The number of hydrogen-bond donors (Lipinski definition) is 1. The summed E-state index contributed by atoms with van der Waals surface area (Å²) in [6.07, 6.45) is -0.644. The number of anilines is 1. The standard InChI is InChI=1S/C14H20N2O4/c1-9-7-15(8-10(2)20-9)13-5-4-12(11(3)17)6-14(13)16(18)19/h4-6,9-11,17H,7-8H2,1-3H3/t9-,10+,11-/m1/s1. The molecule has 1 fully saturated rings. The molecule has 0 amide bonds. The molecule has 0 radical (unpaired) electrons. The van der Waals surface area contributed by atoms with Gasteiger partial charge in [0.2, 0.25) is 0 Å². The summed E-state index contributed by atoms with van der Waals surface area (Å²) in [5, 5.41) is 20.8. The molecule has 1 aliphatic rings. The van der Waals surface area contributed by atoms with Crippen LogP contribution in [0.5, 0.6) is 0 Å². The minimum Gasteiger partial charge on any atom is -0.389 e. The second-order valence-corrected chi connectivity index (χ2v) is 5.34. The average Bonchev–Trinajstić information content (AvgIpc) is 2.36. The van der Waals surface area contributed by atoms with Gasteiger partial charge in [0.1, 0.15) is 5.69 Å². The van der Waals surface area contributed by atoms with E-state index in [4.69, 9.17) is 4.74 Å². The first-order valence-electron chi connectivity index (χ1n) is 6.75. The van der Waals surface area contributed by atoms with Crippen molar-refractivity contribution in [3.63, 3.8) is 0 Å². The number of nitrogens with zero attached hydrogens (tertiary/aromatic N) is 2. The molecule has 0 aromatic heterocycles. The largest absolute Gasteiger partial charge is 0.389 e. The van der Waals surface area contributed by atoms with Crippen LogP contribution < -0.4 is 4.90 Å². The molecule has 1 saturated heterocycles. The van der Waals surface area contributed by atoms with Gasteiger partial charge in [0.05, 0.1) is 23.2 Å². The van der Waals surface area contributed by atoms with Crippen molar-refractivity contribution in [3.05, 3.63) is 33.9 Å². The molecule has 2 rings (SSSR count). The maximum atomic E-state index is 11.3. The van der Waals surface area contributed by atoms with Crippen LogP contribution in [0.2, 0.25) is 0 Å². The number of aliphatic hydroxyl groups excluding tert-OH is 1. The normalized spacial score (nSPS) is 24.5. The second kappa shape index (κ2) is 5.76. The van der Waals surface area contributed by atoms with Gasteiger partial charge < -0.3 is 14.7 Å². The van der Waals surface area contributed by atoms with Crippen molar-refractivity contribution in [2.75, 3.05) is 18.0 Å². The summed E-state index contributed by atoms with van der Waals surface area (Å²) in [6.45, 7) is 6.76. The van der Waals surface area contributed by atoms with Gasteiger partial charge in [0, 0.05) is 19.2 Å². The zero-order valence-electron chi connectivity index (χ0n) is 11.9. The van der Waals surface area contributed by atoms with Crippen LogP contribution in [0.25, 0.3) is 0 Å². The van der Waals surface area contributed by atoms with E-state index in [9.17, 15) is 15.2 Å². The molecule has 0 bridgehead atoms. The molecule has 20 heavy (non-hydrogen) atoms. The summed E-state index contributed by atoms with van der Waals surface area (Å²) in [7, 11) is 0. The molecule has 3 atom stereocenters. The predicted octanol–water partition coefficient (Wildman–Crippen LogP) is 2.26. The SMILES string of the molecule is C[C@@H]1CN(c2ccc([C@@H](C)O)cc2[N+](=O)[O-])C[C@H](C)O1. The van der Waals surface area contributed by atoms with E-state index in [1.807, 2.05) is 18.7 Å². The van der Waals surface area contributed by atoms with E-state index >= 15 is 0 Å². The lowest BCUT2D eigenvalue weighted by molar-refractivity contribution is -0.384. The van der Waals surface area contributed by atoms with Crippen LogP contribution in [0.1, 0.15) is 32.4 Å². The van der Waals surface area contributed by atoms with Gasteiger partial charge in [-0.15, -0.1) is 0 Å². The Hall–Kier alpha value is -1.66. The van der Waals surface area contributed by atoms with Crippen LogP contribution in [0.4, 0.5) is 11.4 Å². The van der Waals surface area contributed by atoms with Crippen LogP contribution in [-0.2, 0) is 4.74 Å². The van der Waals surface area contributed by atoms with Crippen LogP contribution in [0.3, 0.4) is 0 Å². The maximum Gasteiger partial charge on any atom is 0.292 e. The molecular weight excluding hydrogens is 260 g/mol. The van der Waals surface area contributed by atoms with Crippen molar-refractivity contribution < 1.29 is 14.8 Å². The van der Waals surface area contributed by atoms with Gasteiger partial charge in [-0.05, 0) is 32.4 Å². The first-order chi connectivity index (χ1) is 9.38. The first kappa shape index (κ1) is 14.7. The van der Waals surface area contributed by atoms with Gasteiger partial charge >= 0.3 is 0 Å². The predicted molar refractivity (Wildman–Crippen MR) is 76.0 cm³/mol. The Balaban J connectivity index is 2.37. The van der Waals surface area contributed by atoms with E-state index in [-0.39, 0.29) is 17.9 Å². The Kier molecular flexibility index (Phi) is 4.25. The zero-order valence-corrected chi connectivity index (χ0v) is 11.9. The van der Waals surface area contributed by atoms with E-state index in [2.05, 4.69) is 0 Å². The smallest absolute Gasteiger partial charge is 0.292 e. The number of aliphatic hydroxyl groups is 1. The third kappa shape index (κ3) is 3.08. The number of morpholine rings is 1. The lowest BCUT2D eigenvalue weighted by Crippen LogP contribution is -2.45.